The van der Waals surface area contributed by atoms with Gasteiger partial charge in [0.15, 0.2) is 0 Å². The van der Waals surface area contributed by atoms with Gasteiger partial charge in [0.05, 0.1) is 12.2 Å². The van der Waals surface area contributed by atoms with Crippen molar-refractivity contribution in [3.8, 4) is 0 Å². The maximum Gasteiger partial charge on any atom is 0.338 e. The first kappa shape index (κ1) is 15.0. The molecule has 1 aromatic heterocycles. The van der Waals surface area contributed by atoms with Gasteiger partial charge in [-0.15, -0.1) is 0 Å². The number of hydrogen-bond donors (Lipinski definition) is 0. The fourth-order valence-corrected chi connectivity index (χ4v) is 2.53. The Morgan fingerprint density at radius 2 is 1.78 bits per heavy atom. The van der Waals surface area contributed by atoms with Crippen molar-refractivity contribution >= 4 is 28.4 Å². The molecule has 114 valence electrons. The van der Waals surface area contributed by atoms with E-state index in [1.807, 2.05) is 42.5 Å². The summed E-state index contributed by atoms with van der Waals surface area (Å²) in [7, 11) is 0. The quantitative estimate of drug-likeness (QED) is 0.531. The molecule has 0 aliphatic rings. The lowest BCUT2D eigenvalue weighted by molar-refractivity contribution is -0.136. The third-order valence-electron chi connectivity index (χ3n) is 3.61. The summed E-state index contributed by atoms with van der Waals surface area (Å²) in [5.74, 6) is -0.327. The minimum Gasteiger partial charge on any atom is -0.462 e. The van der Waals surface area contributed by atoms with Gasteiger partial charge >= 0.3 is 5.97 Å². The van der Waals surface area contributed by atoms with Crippen LogP contribution in [0.15, 0.2) is 67.0 Å². The Morgan fingerprint density at radius 1 is 1.04 bits per heavy atom. The predicted octanol–water partition coefficient (Wildman–Crippen LogP) is 4.34. The average Bonchev–Trinajstić information content (AvgIpc) is 2.60. The fraction of sp³-hybridized carbons (Fsp3) is 0.100. The smallest absolute Gasteiger partial charge is 0.338 e. The Hall–Kier alpha value is -2.94. The standard InChI is InChI=1S/C20H17NO2/c1-2-23-20(22)19(16-10-12-21-13-11-16)14-17-8-5-7-15-6-3-4-9-18(15)17/h3-14H,2H2,1H3. The largest absolute Gasteiger partial charge is 0.462 e. The maximum absolute atomic E-state index is 12.4. The number of rotatable bonds is 4. The monoisotopic (exact) mass is 303 g/mol. The van der Waals surface area contributed by atoms with E-state index in [0.29, 0.717) is 12.2 Å². The van der Waals surface area contributed by atoms with Gasteiger partial charge in [0, 0.05) is 12.4 Å². The zero-order chi connectivity index (χ0) is 16.1. The molecule has 0 atom stereocenters. The lowest BCUT2D eigenvalue weighted by Crippen LogP contribution is -2.07. The lowest BCUT2D eigenvalue weighted by Gasteiger charge is -2.09. The number of nitrogens with zero attached hydrogens (tertiary/aromatic N) is 1. The normalized spacial score (nSPS) is 11.4. The van der Waals surface area contributed by atoms with Crippen molar-refractivity contribution in [3.63, 3.8) is 0 Å². The molecule has 3 rings (SSSR count). The Kier molecular flexibility index (Phi) is 4.48. The van der Waals surface area contributed by atoms with E-state index in [0.717, 1.165) is 21.9 Å². The summed E-state index contributed by atoms with van der Waals surface area (Å²) in [5.41, 5.74) is 2.32. The summed E-state index contributed by atoms with van der Waals surface area (Å²) >= 11 is 0. The minimum absolute atomic E-state index is 0.327. The van der Waals surface area contributed by atoms with Crippen LogP contribution >= 0.6 is 0 Å². The summed E-state index contributed by atoms with van der Waals surface area (Å²) in [6.45, 7) is 2.15. The van der Waals surface area contributed by atoms with Crippen LogP contribution in [0, 0.1) is 0 Å². The summed E-state index contributed by atoms with van der Waals surface area (Å²) in [6, 6.07) is 17.8. The van der Waals surface area contributed by atoms with Gasteiger partial charge < -0.3 is 4.74 Å². The number of hydrogen-bond acceptors (Lipinski definition) is 3. The molecule has 23 heavy (non-hydrogen) atoms. The number of benzene rings is 2. The van der Waals surface area contributed by atoms with Gasteiger partial charge in [-0.05, 0) is 47.0 Å². The number of aromatic nitrogens is 1. The summed E-state index contributed by atoms with van der Waals surface area (Å²) < 4.78 is 5.22. The van der Waals surface area contributed by atoms with Gasteiger partial charge in [-0.1, -0.05) is 42.5 Å². The third-order valence-corrected chi connectivity index (χ3v) is 3.61. The van der Waals surface area contributed by atoms with Crippen molar-refractivity contribution in [3.05, 3.63) is 78.1 Å². The molecule has 3 nitrogen and oxygen atoms in total. The second-order valence-corrected chi connectivity index (χ2v) is 5.08. The van der Waals surface area contributed by atoms with Crippen molar-refractivity contribution in [1.82, 2.24) is 4.98 Å². The van der Waals surface area contributed by atoms with E-state index in [-0.39, 0.29) is 5.97 Å². The van der Waals surface area contributed by atoms with Crippen LogP contribution in [0.25, 0.3) is 22.4 Å². The highest BCUT2D eigenvalue weighted by Gasteiger charge is 2.13. The van der Waals surface area contributed by atoms with E-state index >= 15 is 0 Å². The van der Waals surface area contributed by atoms with E-state index in [2.05, 4.69) is 23.2 Å². The van der Waals surface area contributed by atoms with Gasteiger partial charge in [0.1, 0.15) is 0 Å². The lowest BCUT2D eigenvalue weighted by atomic mass is 9.99. The van der Waals surface area contributed by atoms with E-state index < -0.39 is 0 Å². The highest BCUT2D eigenvalue weighted by molar-refractivity contribution is 6.22. The molecule has 0 spiro atoms. The number of carbonyl (C=O) groups is 1. The third kappa shape index (κ3) is 3.29. The minimum atomic E-state index is -0.327. The van der Waals surface area contributed by atoms with E-state index in [1.165, 1.54) is 0 Å². The molecule has 1 heterocycles. The molecule has 0 aliphatic carbocycles. The molecule has 0 bridgehead atoms. The SMILES string of the molecule is CCOC(=O)C(=Cc1cccc2ccccc12)c1ccncc1. The van der Waals surface area contributed by atoms with Crippen LogP contribution in [-0.4, -0.2) is 17.6 Å². The van der Waals surface area contributed by atoms with Gasteiger partial charge in [-0.25, -0.2) is 4.79 Å². The zero-order valence-corrected chi connectivity index (χ0v) is 12.9. The van der Waals surface area contributed by atoms with Gasteiger partial charge in [0.2, 0.25) is 0 Å². The molecule has 3 aromatic rings. The first-order valence-corrected chi connectivity index (χ1v) is 7.56. The molecule has 0 amide bonds. The molecule has 0 radical (unpaired) electrons. The van der Waals surface area contributed by atoms with Gasteiger partial charge in [-0.2, -0.15) is 0 Å². The Labute approximate surface area is 135 Å². The van der Waals surface area contributed by atoms with Gasteiger partial charge in [0.25, 0.3) is 0 Å². The van der Waals surface area contributed by atoms with Gasteiger partial charge in [-0.3, -0.25) is 4.98 Å². The molecular weight excluding hydrogens is 286 g/mol. The Bertz CT molecular complexity index is 848. The van der Waals surface area contributed by atoms with Crippen molar-refractivity contribution in [1.29, 1.82) is 0 Å². The highest BCUT2D eigenvalue weighted by atomic mass is 16.5. The number of pyridine rings is 1. The summed E-state index contributed by atoms with van der Waals surface area (Å²) in [4.78, 5) is 16.4. The molecule has 3 heteroatoms. The molecule has 2 aromatic carbocycles. The van der Waals surface area contributed by atoms with E-state index in [4.69, 9.17) is 4.74 Å². The Morgan fingerprint density at radius 3 is 2.57 bits per heavy atom. The predicted molar refractivity (Wildman–Crippen MR) is 92.7 cm³/mol. The first-order valence-electron chi connectivity index (χ1n) is 7.56. The first-order chi connectivity index (χ1) is 11.3. The van der Waals surface area contributed by atoms with E-state index in [1.54, 1.807) is 19.3 Å². The van der Waals surface area contributed by atoms with Crippen LogP contribution in [0.1, 0.15) is 18.1 Å². The highest BCUT2D eigenvalue weighted by Crippen LogP contribution is 2.25. The van der Waals surface area contributed by atoms with Crippen molar-refractivity contribution in [2.45, 2.75) is 6.92 Å². The zero-order valence-electron chi connectivity index (χ0n) is 12.9. The second-order valence-electron chi connectivity index (χ2n) is 5.08. The Balaban J connectivity index is 2.15. The van der Waals surface area contributed by atoms with Crippen molar-refractivity contribution in [2.24, 2.45) is 0 Å². The number of ether oxygens (including phenoxy) is 1. The number of fused-ring (bicyclic) bond motifs is 1. The molecule has 0 saturated carbocycles. The molecule has 0 unspecified atom stereocenters. The van der Waals surface area contributed by atoms with Crippen molar-refractivity contribution in [2.75, 3.05) is 6.61 Å². The topological polar surface area (TPSA) is 39.2 Å². The molecule has 0 N–H and O–H groups in total. The number of carbonyl (C=O) groups excluding carboxylic acids is 1. The second kappa shape index (κ2) is 6.88. The average molecular weight is 303 g/mol. The van der Waals surface area contributed by atoms with Crippen molar-refractivity contribution < 1.29 is 9.53 Å². The van der Waals surface area contributed by atoms with Crippen LogP contribution in [0.2, 0.25) is 0 Å². The molecule has 0 aliphatic heterocycles. The van der Waals surface area contributed by atoms with E-state index in [9.17, 15) is 4.79 Å². The fourth-order valence-electron chi connectivity index (χ4n) is 2.53. The summed E-state index contributed by atoms with van der Waals surface area (Å²) in [5, 5.41) is 2.24. The van der Waals surface area contributed by atoms with Crippen LogP contribution in [0.3, 0.4) is 0 Å². The van der Waals surface area contributed by atoms with Crippen LogP contribution < -0.4 is 0 Å². The molecular formula is C20H17NO2. The van der Waals surface area contributed by atoms with Crippen LogP contribution in [-0.2, 0) is 9.53 Å². The van der Waals surface area contributed by atoms with Crippen LogP contribution in [0.5, 0.6) is 0 Å². The molecule has 0 saturated heterocycles. The maximum atomic E-state index is 12.4. The summed E-state index contributed by atoms with van der Waals surface area (Å²) in [6.07, 6.45) is 5.23. The molecule has 0 fully saturated rings. The number of esters is 1. The van der Waals surface area contributed by atoms with Crippen LogP contribution in [0.4, 0.5) is 0 Å².